The van der Waals surface area contributed by atoms with Crippen LogP contribution in [0, 0.1) is 0 Å². The van der Waals surface area contributed by atoms with Gasteiger partial charge in [-0.25, -0.2) is 4.98 Å². The van der Waals surface area contributed by atoms with Gasteiger partial charge >= 0.3 is 0 Å². The summed E-state index contributed by atoms with van der Waals surface area (Å²) in [7, 11) is 2.23. The first-order valence-electron chi connectivity index (χ1n) is 6.30. The molecule has 1 N–H and O–H groups in total. The molecule has 2 heterocycles. The summed E-state index contributed by atoms with van der Waals surface area (Å²) in [5, 5.41) is 13.3. The molecule has 0 aliphatic carbocycles. The van der Waals surface area contributed by atoms with Gasteiger partial charge in [0.05, 0.1) is 30.8 Å². The second-order valence-corrected chi connectivity index (χ2v) is 5.77. The third kappa shape index (κ3) is 4.04. The number of thiazole rings is 1. The number of hydrogen-bond donors (Lipinski definition) is 1. The Kier molecular flexibility index (Phi) is 4.68. The van der Waals surface area contributed by atoms with Gasteiger partial charge < -0.3 is 14.8 Å². The number of carboxylic acid groups (broad SMARTS) is 1. The van der Waals surface area contributed by atoms with Crippen molar-refractivity contribution in [3.05, 3.63) is 16.1 Å². The lowest BCUT2D eigenvalue weighted by Crippen LogP contribution is -3.12. The van der Waals surface area contributed by atoms with Crippen molar-refractivity contribution in [1.82, 2.24) is 9.88 Å². The summed E-state index contributed by atoms with van der Waals surface area (Å²) in [4.78, 5) is 18.8. The van der Waals surface area contributed by atoms with Crippen LogP contribution in [-0.2, 0) is 17.6 Å². The number of carbonyl (C=O) groups is 1. The van der Waals surface area contributed by atoms with Gasteiger partial charge in [-0.1, -0.05) is 0 Å². The number of hydrogen-bond acceptors (Lipinski definition) is 5. The number of carbonyl (C=O) groups excluding carboxylic acids is 1. The Hall–Kier alpha value is -0.980. The first-order valence-corrected chi connectivity index (χ1v) is 7.18. The fraction of sp³-hybridized carbons (Fsp3) is 0.667. The largest absolute Gasteiger partial charge is 0.550 e. The average molecular weight is 269 g/mol. The van der Waals surface area contributed by atoms with Gasteiger partial charge in [0.15, 0.2) is 0 Å². The second-order valence-electron chi connectivity index (χ2n) is 4.83. The van der Waals surface area contributed by atoms with Gasteiger partial charge in [0.1, 0.15) is 0 Å². The summed E-state index contributed by atoms with van der Waals surface area (Å²) in [6, 6.07) is 0. The van der Waals surface area contributed by atoms with Crippen molar-refractivity contribution in [3.8, 4) is 0 Å². The smallest absolute Gasteiger partial charge is 0.0941 e. The first kappa shape index (κ1) is 13.5. The van der Waals surface area contributed by atoms with Crippen molar-refractivity contribution in [3.63, 3.8) is 0 Å². The van der Waals surface area contributed by atoms with Crippen LogP contribution >= 0.6 is 11.3 Å². The molecular weight excluding hydrogens is 250 g/mol. The molecule has 1 saturated heterocycles. The molecule has 1 aliphatic heterocycles. The Morgan fingerprint density at radius 1 is 1.56 bits per heavy atom. The van der Waals surface area contributed by atoms with E-state index in [4.69, 9.17) is 0 Å². The summed E-state index contributed by atoms with van der Waals surface area (Å²) < 4.78 is 0. The molecule has 2 rings (SSSR count). The minimum atomic E-state index is -1.06. The molecular formula is C12H19N3O2S. The molecule has 0 radical (unpaired) electrons. The zero-order valence-electron chi connectivity index (χ0n) is 10.6. The third-order valence-corrected chi connectivity index (χ3v) is 4.23. The van der Waals surface area contributed by atoms with Crippen molar-refractivity contribution in [2.45, 2.75) is 12.8 Å². The van der Waals surface area contributed by atoms with E-state index >= 15 is 0 Å². The molecule has 18 heavy (non-hydrogen) atoms. The van der Waals surface area contributed by atoms with Crippen molar-refractivity contribution < 1.29 is 14.8 Å². The van der Waals surface area contributed by atoms with Gasteiger partial charge in [-0.15, -0.1) is 11.3 Å². The number of aromatic nitrogens is 1. The maximum atomic E-state index is 10.5. The quantitative estimate of drug-likeness (QED) is 0.659. The average Bonchev–Trinajstić information content (AvgIpc) is 2.75. The van der Waals surface area contributed by atoms with E-state index < -0.39 is 5.97 Å². The topological polar surface area (TPSA) is 60.7 Å². The number of likely N-dealkylation sites (N-methyl/N-ethyl adjacent to an activating group) is 1. The van der Waals surface area contributed by atoms with E-state index in [-0.39, 0.29) is 6.42 Å². The molecule has 1 aliphatic rings. The van der Waals surface area contributed by atoms with Crippen LogP contribution in [0.5, 0.6) is 0 Å². The number of rotatable bonds is 5. The van der Waals surface area contributed by atoms with Gasteiger partial charge in [0.25, 0.3) is 0 Å². The lowest BCUT2D eigenvalue weighted by atomic mass is 10.3. The van der Waals surface area contributed by atoms with Crippen LogP contribution in [0.1, 0.15) is 10.7 Å². The molecule has 0 spiro atoms. The van der Waals surface area contributed by atoms with Crippen LogP contribution in [0.15, 0.2) is 5.38 Å². The van der Waals surface area contributed by atoms with E-state index in [2.05, 4.69) is 16.9 Å². The van der Waals surface area contributed by atoms with Gasteiger partial charge in [-0.05, 0) is 0 Å². The molecule has 0 atom stereocenters. The number of aliphatic carboxylic acids is 1. The van der Waals surface area contributed by atoms with Crippen molar-refractivity contribution in [2.75, 3.05) is 39.8 Å². The number of nitrogens with one attached hydrogen (secondary N) is 1. The van der Waals surface area contributed by atoms with Crippen molar-refractivity contribution >= 4 is 17.3 Å². The van der Waals surface area contributed by atoms with Crippen LogP contribution < -0.4 is 10.0 Å². The number of carboxylic acids is 1. The highest BCUT2D eigenvalue weighted by Gasteiger charge is 2.16. The standard InChI is InChI=1S/C12H19N3O2S/c1-14-4-6-15(7-5-14)3-2-11-13-10(9-18-11)8-12(16)17/h9H,2-8H2,1H3,(H,16,17). The summed E-state index contributed by atoms with van der Waals surface area (Å²) in [5.41, 5.74) is 0.623. The van der Waals surface area contributed by atoms with E-state index in [9.17, 15) is 9.90 Å². The lowest BCUT2D eigenvalue weighted by molar-refractivity contribution is -0.884. The lowest BCUT2D eigenvalue weighted by Gasteiger charge is -2.29. The summed E-state index contributed by atoms with van der Waals surface area (Å²) in [6.45, 7) is 5.71. The zero-order valence-corrected chi connectivity index (χ0v) is 11.5. The Labute approximate surface area is 111 Å². The van der Waals surface area contributed by atoms with Gasteiger partial charge in [-0.2, -0.15) is 0 Å². The van der Waals surface area contributed by atoms with Crippen LogP contribution in [0.25, 0.3) is 0 Å². The fourth-order valence-corrected chi connectivity index (χ4v) is 2.89. The number of nitrogens with zero attached hydrogens (tertiary/aromatic N) is 2. The normalized spacial score (nSPS) is 18.1. The number of piperazine rings is 1. The maximum absolute atomic E-state index is 10.5. The highest BCUT2D eigenvalue weighted by molar-refractivity contribution is 7.09. The molecule has 0 saturated carbocycles. The molecule has 0 bridgehead atoms. The minimum absolute atomic E-state index is 0.0750. The Balaban J connectivity index is 1.76. The number of quaternary nitrogens is 1. The third-order valence-electron chi connectivity index (χ3n) is 3.28. The van der Waals surface area contributed by atoms with E-state index in [0.717, 1.165) is 31.1 Å². The van der Waals surface area contributed by atoms with E-state index in [0.29, 0.717) is 5.69 Å². The molecule has 0 aromatic carbocycles. The van der Waals surface area contributed by atoms with Gasteiger partial charge in [-0.3, -0.25) is 4.90 Å². The summed E-state index contributed by atoms with van der Waals surface area (Å²) in [6.07, 6.45) is 0.838. The molecule has 100 valence electrons. The van der Waals surface area contributed by atoms with Crippen molar-refractivity contribution in [2.24, 2.45) is 0 Å². The van der Waals surface area contributed by atoms with Gasteiger partial charge in [0, 0.05) is 43.8 Å². The van der Waals surface area contributed by atoms with Crippen molar-refractivity contribution in [1.29, 1.82) is 0 Å². The molecule has 1 aromatic heterocycles. The molecule has 6 heteroatoms. The van der Waals surface area contributed by atoms with Crippen LogP contribution in [0.2, 0.25) is 0 Å². The Morgan fingerprint density at radius 2 is 2.28 bits per heavy atom. The maximum Gasteiger partial charge on any atom is 0.0941 e. The monoisotopic (exact) mass is 269 g/mol. The predicted octanol–water partition coefficient (Wildman–Crippen LogP) is -2.19. The van der Waals surface area contributed by atoms with E-state index in [1.165, 1.54) is 13.1 Å². The molecule has 1 aromatic rings. The Morgan fingerprint density at radius 3 is 2.94 bits per heavy atom. The minimum Gasteiger partial charge on any atom is -0.550 e. The van der Waals surface area contributed by atoms with Crippen LogP contribution in [0.3, 0.4) is 0 Å². The SMILES string of the molecule is C[NH+]1CCN(CCc2nc(CC(=O)[O-])cs2)CC1. The first-order chi connectivity index (χ1) is 8.63. The van der Waals surface area contributed by atoms with E-state index in [1.807, 2.05) is 5.38 Å². The molecule has 5 nitrogen and oxygen atoms in total. The predicted molar refractivity (Wildman–Crippen MR) is 67.6 cm³/mol. The molecule has 0 unspecified atom stereocenters. The molecule has 1 fully saturated rings. The summed E-state index contributed by atoms with van der Waals surface area (Å²) in [5.74, 6) is -1.06. The highest BCUT2D eigenvalue weighted by Crippen LogP contribution is 2.11. The molecule has 0 amide bonds. The zero-order chi connectivity index (χ0) is 13.0. The Bertz CT molecular complexity index is 400. The fourth-order valence-electron chi connectivity index (χ4n) is 2.10. The highest BCUT2D eigenvalue weighted by atomic mass is 32.1. The van der Waals surface area contributed by atoms with E-state index in [1.54, 1.807) is 16.2 Å². The van der Waals surface area contributed by atoms with Crippen LogP contribution in [0.4, 0.5) is 0 Å². The summed E-state index contributed by atoms with van der Waals surface area (Å²) >= 11 is 1.55. The van der Waals surface area contributed by atoms with Crippen LogP contribution in [-0.4, -0.2) is 55.6 Å². The van der Waals surface area contributed by atoms with Gasteiger partial charge in [0.2, 0.25) is 0 Å². The second kappa shape index (κ2) is 6.26.